The minimum Gasteiger partial charge on any atom is -0.504 e. The first-order valence-corrected chi connectivity index (χ1v) is 10.5. The van der Waals surface area contributed by atoms with E-state index in [2.05, 4.69) is 64.9 Å². The Morgan fingerprint density at radius 1 is 1.03 bits per heavy atom. The van der Waals surface area contributed by atoms with Gasteiger partial charge in [-0.25, -0.2) is 5.43 Å². The molecule has 0 aromatic heterocycles. The third kappa shape index (κ3) is 6.29. The minimum absolute atomic E-state index is 0.0145. The number of nitrogens with one attached hydrogen (secondary N) is 1. The molecule has 168 valence electrons. The van der Waals surface area contributed by atoms with Crippen molar-refractivity contribution < 1.29 is 14.6 Å². The normalized spacial score (nSPS) is 11.5. The summed E-state index contributed by atoms with van der Waals surface area (Å²) in [5.74, 6) is 0.120. The summed E-state index contributed by atoms with van der Waals surface area (Å²) >= 11 is 0. The third-order valence-corrected chi connectivity index (χ3v) is 5.24. The van der Waals surface area contributed by atoms with Crippen LogP contribution < -0.4 is 10.2 Å². The van der Waals surface area contributed by atoms with E-state index in [1.807, 2.05) is 11.9 Å². The van der Waals surface area contributed by atoms with Crippen molar-refractivity contribution in [3.63, 3.8) is 0 Å². The number of amides is 1. The first-order chi connectivity index (χ1) is 15.5. The lowest BCUT2D eigenvalue weighted by molar-refractivity contribution is -0.121. The average molecular weight is 435 g/mol. The molecule has 0 radical (unpaired) electrons. The molecule has 3 rings (SSSR count). The summed E-state index contributed by atoms with van der Waals surface area (Å²) in [6.07, 6.45) is 1.40. The fraction of sp³-hybridized carbons (Fsp3) is 0.280. The molecule has 0 saturated carbocycles. The number of hydrazone groups is 1. The molecule has 0 heterocycles. The van der Waals surface area contributed by atoms with Gasteiger partial charge in [0.15, 0.2) is 11.5 Å². The fourth-order valence-corrected chi connectivity index (χ4v) is 3.48. The van der Waals surface area contributed by atoms with Crippen LogP contribution in [0.15, 0.2) is 65.8 Å². The number of likely N-dealkylation sites (N-methyl/N-ethyl adjacent to an activating group) is 2. The van der Waals surface area contributed by atoms with E-state index >= 15 is 0 Å². The predicted octanol–water partition coefficient (Wildman–Crippen LogP) is 3.07. The molecule has 1 amide bonds. The summed E-state index contributed by atoms with van der Waals surface area (Å²) in [4.78, 5) is 16.4. The van der Waals surface area contributed by atoms with Gasteiger partial charge in [0.2, 0.25) is 0 Å². The summed E-state index contributed by atoms with van der Waals surface area (Å²) in [7, 11) is 5.47. The number of carbonyl (C=O) groups excluding carboxylic acids is 1. The zero-order valence-corrected chi connectivity index (χ0v) is 18.8. The Morgan fingerprint density at radius 3 is 2.56 bits per heavy atom. The number of hydrogen-bond donors (Lipinski definition) is 2. The maximum atomic E-state index is 12.2. The Labute approximate surface area is 188 Å². The molecule has 0 atom stereocenters. The van der Waals surface area contributed by atoms with Crippen LogP contribution in [0, 0.1) is 0 Å². The predicted molar refractivity (Wildman–Crippen MR) is 128 cm³/mol. The van der Waals surface area contributed by atoms with Crippen molar-refractivity contribution in [3.8, 4) is 11.5 Å². The molecule has 3 aromatic carbocycles. The van der Waals surface area contributed by atoms with Gasteiger partial charge in [-0.15, -0.1) is 0 Å². The summed E-state index contributed by atoms with van der Waals surface area (Å²) in [6.45, 7) is 2.64. The first kappa shape index (κ1) is 23.2. The van der Waals surface area contributed by atoms with Crippen LogP contribution >= 0.6 is 0 Å². The topological polar surface area (TPSA) is 77.4 Å². The van der Waals surface area contributed by atoms with Crippen molar-refractivity contribution in [2.75, 3.05) is 40.8 Å². The van der Waals surface area contributed by atoms with Gasteiger partial charge in [0, 0.05) is 25.2 Å². The molecular weight excluding hydrogens is 404 g/mol. The largest absolute Gasteiger partial charge is 0.504 e. The maximum Gasteiger partial charge on any atom is 0.254 e. The number of hydrogen-bond acceptors (Lipinski definition) is 6. The smallest absolute Gasteiger partial charge is 0.254 e. The Kier molecular flexibility index (Phi) is 8.19. The lowest BCUT2D eigenvalue weighted by Gasteiger charge is -2.22. The molecule has 0 aliphatic carbocycles. The summed E-state index contributed by atoms with van der Waals surface area (Å²) in [6, 6.07) is 19.9. The zero-order valence-electron chi connectivity index (χ0n) is 18.8. The molecule has 0 unspecified atom stereocenters. The SMILES string of the molecule is COc1cccc(/C=N/NC(=O)CN(C)CCN(C)Cc2cccc3ccccc23)c1O. The van der Waals surface area contributed by atoms with Crippen molar-refractivity contribution in [1.82, 2.24) is 15.2 Å². The highest BCUT2D eigenvalue weighted by Crippen LogP contribution is 2.27. The van der Waals surface area contributed by atoms with Crippen LogP contribution in [0.5, 0.6) is 11.5 Å². The highest BCUT2D eigenvalue weighted by molar-refractivity contribution is 5.87. The van der Waals surface area contributed by atoms with E-state index in [0.29, 0.717) is 11.3 Å². The van der Waals surface area contributed by atoms with Crippen LogP contribution in [0.2, 0.25) is 0 Å². The number of ether oxygens (including phenoxy) is 1. The van der Waals surface area contributed by atoms with Gasteiger partial charge in [0.1, 0.15) is 0 Å². The molecule has 0 aliphatic heterocycles. The van der Waals surface area contributed by atoms with Crippen molar-refractivity contribution in [2.24, 2.45) is 5.10 Å². The molecule has 0 bridgehead atoms. The van der Waals surface area contributed by atoms with Gasteiger partial charge in [-0.1, -0.05) is 48.5 Å². The number of para-hydroxylation sites is 1. The second-order valence-electron chi connectivity index (χ2n) is 7.81. The quantitative estimate of drug-likeness (QED) is 0.379. The summed E-state index contributed by atoms with van der Waals surface area (Å²) in [5, 5.41) is 16.5. The van der Waals surface area contributed by atoms with Gasteiger partial charge in [0.25, 0.3) is 5.91 Å². The molecule has 7 nitrogen and oxygen atoms in total. The van der Waals surface area contributed by atoms with Crippen molar-refractivity contribution in [2.45, 2.75) is 6.54 Å². The number of aromatic hydroxyl groups is 1. The molecular formula is C25H30N4O3. The van der Waals surface area contributed by atoms with Crippen molar-refractivity contribution >= 4 is 22.9 Å². The van der Waals surface area contributed by atoms with Crippen molar-refractivity contribution in [1.29, 1.82) is 0 Å². The van der Waals surface area contributed by atoms with Crippen LogP contribution in [0.4, 0.5) is 0 Å². The Balaban J connectivity index is 1.44. The first-order valence-electron chi connectivity index (χ1n) is 10.5. The third-order valence-electron chi connectivity index (χ3n) is 5.24. The number of phenols is 1. The molecule has 0 fully saturated rings. The number of rotatable bonds is 10. The van der Waals surface area contributed by atoms with E-state index in [1.165, 1.54) is 29.7 Å². The summed E-state index contributed by atoms with van der Waals surface area (Å²) < 4.78 is 5.06. The Hall–Kier alpha value is -3.42. The van der Waals surface area contributed by atoms with Gasteiger partial charge in [-0.2, -0.15) is 5.10 Å². The zero-order chi connectivity index (χ0) is 22.9. The second-order valence-corrected chi connectivity index (χ2v) is 7.81. The highest BCUT2D eigenvalue weighted by atomic mass is 16.5. The number of nitrogens with zero attached hydrogens (tertiary/aromatic N) is 3. The van der Waals surface area contributed by atoms with E-state index in [-0.39, 0.29) is 18.2 Å². The lowest BCUT2D eigenvalue weighted by atomic mass is 10.0. The Bertz CT molecular complexity index is 1080. The number of carbonyl (C=O) groups is 1. The highest BCUT2D eigenvalue weighted by Gasteiger charge is 2.09. The number of phenolic OH excluding ortho intramolecular Hbond substituents is 1. The minimum atomic E-state index is -0.220. The van der Waals surface area contributed by atoms with Crippen LogP contribution in [0.3, 0.4) is 0 Å². The van der Waals surface area contributed by atoms with Gasteiger partial charge < -0.3 is 14.7 Å². The average Bonchev–Trinajstić information content (AvgIpc) is 2.79. The molecule has 2 N–H and O–H groups in total. The van der Waals surface area contributed by atoms with Gasteiger partial charge >= 0.3 is 0 Å². The van der Waals surface area contributed by atoms with E-state index in [1.54, 1.807) is 18.2 Å². The molecule has 3 aromatic rings. The van der Waals surface area contributed by atoms with Crippen LogP contribution in [0.1, 0.15) is 11.1 Å². The number of fused-ring (bicyclic) bond motifs is 1. The van der Waals surface area contributed by atoms with Crippen LogP contribution in [-0.4, -0.2) is 67.9 Å². The van der Waals surface area contributed by atoms with Crippen molar-refractivity contribution in [3.05, 3.63) is 71.8 Å². The van der Waals surface area contributed by atoms with Crippen LogP contribution in [-0.2, 0) is 11.3 Å². The number of methoxy groups -OCH3 is 1. The molecule has 0 spiro atoms. The molecule has 0 aliphatic rings. The second kappa shape index (κ2) is 11.3. The molecule has 32 heavy (non-hydrogen) atoms. The standard InChI is InChI=1S/C25H30N4O3/c1-28(17-21-11-6-9-19-8-4-5-12-22(19)21)14-15-29(2)18-24(30)27-26-16-20-10-7-13-23(32-3)25(20)31/h4-13,16,31H,14-15,17-18H2,1-3H3,(H,27,30)/b26-16+. The van der Waals surface area contributed by atoms with Gasteiger partial charge in [0.05, 0.1) is 19.9 Å². The van der Waals surface area contributed by atoms with Gasteiger partial charge in [-0.3, -0.25) is 9.69 Å². The van der Waals surface area contributed by atoms with Gasteiger partial charge in [-0.05, 0) is 42.6 Å². The number of benzene rings is 3. The van der Waals surface area contributed by atoms with E-state index < -0.39 is 0 Å². The molecule has 7 heteroatoms. The van der Waals surface area contributed by atoms with E-state index in [4.69, 9.17) is 4.74 Å². The maximum absolute atomic E-state index is 12.2. The molecule has 0 saturated heterocycles. The van der Waals surface area contributed by atoms with E-state index in [9.17, 15) is 9.90 Å². The van der Waals surface area contributed by atoms with Crippen LogP contribution in [0.25, 0.3) is 10.8 Å². The lowest BCUT2D eigenvalue weighted by Crippen LogP contribution is -2.37. The Morgan fingerprint density at radius 2 is 1.75 bits per heavy atom. The summed E-state index contributed by atoms with van der Waals surface area (Å²) in [5.41, 5.74) is 4.26. The monoisotopic (exact) mass is 434 g/mol. The van der Waals surface area contributed by atoms with E-state index in [0.717, 1.165) is 19.6 Å². The fourth-order valence-electron chi connectivity index (χ4n) is 3.48.